The minimum absolute atomic E-state index is 0.900. The number of aryl methyl sites for hydroxylation is 1. The normalized spacial score (nSPS) is 10.5. The van der Waals surface area contributed by atoms with Gasteiger partial charge in [-0.25, -0.2) is 4.98 Å². The molecule has 68 valence electrons. The summed E-state index contributed by atoms with van der Waals surface area (Å²) >= 11 is 5.09. The molecule has 0 unspecified atom stereocenters. The van der Waals surface area contributed by atoms with Gasteiger partial charge in [-0.1, -0.05) is 15.9 Å². The molecular weight excluding hydrogens is 236 g/mol. The third-order valence-corrected chi connectivity index (χ3v) is 2.84. The summed E-state index contributed by atoms with van der Waals surface area (Å²) in [5.74, 6) is 0. The van der Waals surface area contributed by atoms with Gasteiger partial charge in [0, 0.05) is 17.3 Å². The molecule has 1 aromatic rings. The molecule has 12 heavy (non-hydrogen) atoms. The molecule has 0 aliphatic rings. The van der Waals surface area contributed by atoms with E-state index in [1.54, 1.807) is 11.3 Å². The lowest BCUT2D eigenvalue weighted by atomic mass is 10.4. The molecule has 4 heteroatoms. The van der Waals surface area contributed by atoms with Gasteiger partial charge in [0.1, 0.15) is 0 Å². The largest absolute Gasteiger partial charge is 0.311 e. The predicted octanol–water partition coefficient (Wildman–Crippen LogP) is 2.33. The lowest BCUT2D eigenvalue weighted by Crippen LogP contribution is -2.15. The first-order valence-corrected chi connectivity index (χ1v) is 6.00. The Labute approximate surface area is 85.5 Å². The van der Waals surface area contributed by atoms with Crippen LogP contribution >= 0.6 is 27.3 Å². The summed E-state index contributed by atoms with van der Waals surface area (Å²) in [7, 11) is 0. The first kappa shape index (κ1) is 10.2. The minimum Gasteiger partial charge on any atom is -0.311 e. The van der Waals surface area contributed by atoms with Crippen LogP contribution in [-0.4, -0.2) is 16.9 Å². The summed E-state index contributed by atoms with van der Waals surface area (Å²) in [5, 5.41) is 7.65. The van der Waals surface area contributed by atoms with Crippen molar-refractivity contribution in [1.29, 1.82) is 0 Å². The van der Waals surface area contributed by atoms with E-state index in [0.29, 0.717) is 0 Å². The highest BCUT2D eigenvalue weighted by Gasteiger charge is 1.95. The van der Waals surface area contributed by atoms with Gasteiger partial charge in [-0.15, -0.1) is 11.3 Å². The maximum atomic E-state index is 4.35. The number of thiazole rings is 1. The van der Waals surface area contributed by atoms with E-state index in [9.17, 15) is 0 Å². The zero-order valence-corrected chi connectivity index (χ0v) is 9.54. The summed E-state index contributed by atoms with van der Waals surface area (Å²) in [6.45, 7) is 3.99. The number of hydrogen-bond acceptors (Lipinski definition) is 3. The maximum absolute atomic E-state index is 4.35. The highest BCUT2D eigenvalue weighted by Crippen LogP contribution is 2.06. The Kier molecular flexibility index (Phi) is 4.80. The van der Waals surface area contributed by atoms with E-state index in [2.05, 4.69) is 31.6 Å². The Morgan fingerprint density at radius 3 is 3.08 bits per heavy atom. The van der Waals surface area contributed by atoms with Gasteiger partial charge in [0.05, 0.1) is 10.7 Å². The molecule has 0 atom stereocenters. The third kappa shape index (κ3) is 3.65. The summed E-state index contributed by atoms with van der Waals surface area (Å²) < 4.78 is 0. The second-order valence-electron chi connectivity index (χ2n) is 2.58. The highest BCUT2D eigenvalue weighted by atomic mass is 79.9. The molecule has 1 heterocycles. The molecule has 0 saturated carbocycles. The molecule has 0 aliphatic heterocycles. The average molecular weight is 249 g/mol. The number of aromatic nitrogens is 1. The van der Waals surface area contributed by atoms with E-state index < -0.39 is 0 Å². The van der Waals surface area contributed by atoms with Gasteiger partial charge < -0.3 is 5.32 Å². The van der Waals surface area contributed by atoms with Crippen LogP contribution in [-0.2, 0) is 6.54 Å². The molecule has 0 spiro atoms. The zero-order chi connectivity index (χ0) is 8.81. The fourth-order valence-corrected chi connectivity index (χ4v) is 1.79. The van der Waals surface area contributed by atoms with Crippen LogP contribution in [0.2, 0.25) is 0 Å². The average Bonchev–Trinajstić information content (AvgIpc) is 2.45. The standard InChI is InChI=1S/C8H13BrN2S/c1-7-11-8(6-12-7)5-10-4-2-3-9/h6,10H,2-5H2,1H3. The van der Waals surface area contributed by atoms with Gasteiger partial charge in [-0.3, -0.25) is 0 Å². The topological polar surface area (TPSA) is 24.9 Å². The van der Waals surface area contributed by atoms with Crippen molar-refractivity contribution in [1.82, 2.24) is 10.3 Å². The van der Waals surface area contributed by atoms with Crippen LogP contribution in [0, 0.1) is 6.92 Å². The van der Waals surface area contributed by atoms with E-state index in [4.69, 9.17) is 0 Å². The monoisotopic (exact) mass is 248 g/mol. The van der Waals surface area contributed by atoms with Crippen molar-refractivity contribution in [2.24, 2.45) is 0 Å². The van der Waals surface area contributed by atoms with Crippen LogP contribution in [0.15, 0.2) is 5.38 Å². The Bertz CT molecular complexity index is 225. The Balaban J connectivity index is 2.15. The number of rotatable bonds is 5. The third-order valence-electron chi connectivity index (χ3n) is 1.46. The molecule has 1 aromatic heterocycles. The minimum atomic E-state index is 0.900. The lowest BCUT2D eigenvalue weighted by Gasteiger charge is -1.98. The smallest absolute Gasteiger partial charge is 0.0897 e. The van der Waals surface area contributed by atoms with Gasteiger partial charge in [0.2, 0.25) is 0 Å². The lowest BCUT2D eigenvalue weighted by molar-refractivity contribution is 0.670. The molecular formula is C8H13BrN2S. The van der Waals surface area contributed by atoms with Crippen LogP contribution in [0.25, 0.3) is 0 Å². The first-order chi connectivity index (χ1) is 5.83. The fraction of sp³-hybridized carbons (Fsp3) is 0.625. The molecule has 0 saturated heterocycles. The quantitative estimate of drug-likeness (QED) is 0.640. The molecule has 0 bridgehead atoms. The molecule has 2 nitrogen and oxygen atoms in total. The molecule has 0 aromatic carbocycles. The number of hydrogen-bond donors (Lipinski definition) is 1. The number of alkyl halides is 1. The van der Waals surface area contributed by atoms with Gasteiger partial charge in [-0.2, -0.15) is 0 Å². The van der Waals surface area contributed by atoms with Crippen LogP contribution in [0.1, 0.15) is 17.1 Å². The van der Waals surface area contributed by atoms with E-state index in [1.807, 2.05) is 6.92 Å². The van der Waals surface area contributed by atoms with Gasteiger partial charge in [0.15, 0.2) is 0 Å². The highest BCUT2D eigenvalue weighted by molar-refractivity contribution is 9.09. The van der Waals surface area contributed by atoms with Crippen molar-refractivity contribution in [2.45, 2.75) is 19.9 Å². The molecule has 0 aliphatic carbocycles. The summed E-state index contributed by atoms with van der Waals surface area (Å²) in [6, 6.07) is 0. The molecule has 1 N–H and O–H groups in total. The zero-order valence-electron chi connectivity index (χ0n) is 7.14. The number of nitrogens with zero attached hydrogens (tertiary/aromatic N) is 1. The summed E-state index contributed by atoms with van der Waals surface area (Å²) in [4.78, 5) is 4.35. The second-order valence-corrected chi connectivity index (χ2v) is 4.43. The van der Waals surface area contributed by atoms with Crippen LogP contribution in [0.3, 0.4) is 0 Å². The van der Waals surface area contributed by atoms with Crippen molar-refractivity contribution < 1.29 is 0 Å². The Morgan fingerprint density at radius 2 is 2.50 bits per heavy atom. The molecule has 0 amide bonds. The molecule has 0 radical (unpaired) electrons. The van der Waals surface area contributed by atoms with Crippen LogP contribution in [0.4, 0.5) is 0 Å². The van der Waals surface area contributed by atoms with Gasteiger partial charge >= 0.3 is 0 Å². The van der Waals surface area contributed by atoms with E-state index in [-0.39, 0.29) is 0 Å². The predicted molar refractivity (Wildman–Crippen MR) is 57.0 cm³/mol. The van der Waals surface area contributed by atoms with Crippen molar-refractivity contribution in [2.75, 3.05) is 11.9 Å². The number of halogens is 1. The van der Waals surface area contributed by atoms with Crippen molar-refractivity contribution >= 4 is 27.3 Å². The fourth-order valence-electron chi connectivity index (χ4n) is 0.898. The summed E-state index contributed by atoms with van der Waals surface area (Å²) in [6.07, 6.45) is 1.17. The maximum Gasteiger partial charge on any atom is 0.0897 e. The van der Waals surface area contributed by atoms with Gasteiger partial charge in [-0.05, 0) is 19.9 Å². The van der Waals surface area contributed by atoms with Crippen molar-refractivity contribution in [3.05, 3.63) is 16.1 Å². The summed E-state index contributed by atoms with van der Waals surface area (Å²) in [5.41, 5.74) is 1.16. The number of nitrogens with one attached hydrogen (secondary N) is 1. The van der Waals surface area contributed by atoms with Crippen LogP contribution < -0.4 is 5.32 Å². The van der Waals surface area contributed by atoms with E-state index in [0.717, 1.165) is 29.1 Å². The van der Waals surface area contributed by atoms with Crippen LogP contribution in [0.5, 0.6) is 0 Å². The Hall–Kier alpha value is 0.0700. The van der Waals surface area contributed by atoms with Crippen molar-refractivity contribution in [3.8, 4) is 0 Å². The van der Waals surface area contributed by atoms with E-state index in [1.165, 1.54) is 6.42 Å². The second kappa shape index (κ2) is 5.67. The Morgan fingerprint density at radius 1 is 1.67 bits per heavy atom. The van der Waals surface area contributed by atoms with E-state index >= 15 is 0 Å². The van der Waals surface area contributed by atoms with Gasteiger partial charge in [0.25, 0.3) is 0 Å². The van der Waals surface area contributed by atoms with Crippen molar-refractivity contribution in [3.63, 3.8) is 0 Å². The molecule has 1 rings (SSSR count). The SMILES string of the molecule is Cc1nc(CNCCCBr)cs1. The molecule has 0 fully saturated rings. The first-order valence-electron chi connectivity index (χ1n) is 4.00.